The highest BCUT2D eigenvalue weighted by molar-refractivity contribution is 5.92. The van der Waals surface area contributed by atoms with Crippen LogP contribution >= 0.6 is 0 Å². The molecule has 126 valence electrons. The maximum absolute atomic E-state index is 12.1. The smallest absolute Gasteiger partial charge is 0.271 e. The lowest BCUT2D eigenvalue weighted by atomic mass is 10.1. The molecule has 0 fully saturated rings. The third-order valence-corrected chi connectivity index (χ3v) is 3.71. The highest BCUT2D eigenvalue weighted by Gasteiger charge is 2.07. The number of hydrogen-bond donors (Lipinski definition) is 2. The summed E-state index contributed by atoms with van der Waals surface area (Å²) < 4.78 is 0. The van der Waals surface area contributed by atoms with Gasteiger partial charge >= 0.3 is 0 Å². The summed E-state index contributed by atoms with van der Waals surface area (Å²) in [6.45, 7) is 0.611. The van der Waals surface area contributed by atoms with E-state index in [1.54, 1.807) is 12.1 Å². The summed E-state index contributed by atoms with van der Waals surface area (Å²) in [5, 5.41) is 14.0. The van der Waals surface area contributed by atoms with Gasteiger partial charge in [0, 0.05) is 12.2 Å². The fourth-order valence-corrected chi connectivity index (χ4v) is 2.42. The van der Waals surface area contributed by atoms with E-state index in [0.717, 1.165) is 18.5 Å². The molecule has 0 unspecified atom stereocenters. The third-order valence-electron chi connectivity index (χ3n) is 3.71. The number of aryl methyl sites for hydroxylation is 1. The summed E-state index contributed by atoms with van der Waals surface area (Å²) in [7, 11) is 0. The number of para-hydroxylation sites is 1. The van der Waals surface area contributed by atoms with Gasteiger partial charge in [-0.3, -0.25) is 4.79 Å². The largest absolute Gasteiger partial charge is 0.351 e. The zero-order valence-corrected chi connectivity index (χ0v) is 13.9. The van der Waals surface area contributed by atoms with Crippen molar-refractivity contribution in [3.63, 3.8) is 0 Å². The average Bonchev–Trinajstić information content (AvgIpc) is 2.67. The molecule has 0 aliphatic carbocycles. The van der Waals surface area contributed by atoms with E-state index in [0.29, 0.717) is 18.1 Å². The first-order valence-electron chi connectivity index (χ1n) is 8.29. The minimum atomic E-state index is -0.202. The van der Waals surface area contributed by atoms with Gasteiger partial charge in [-0.1, -0.05) is 48.5 Å². The van der Waals surface area contributed by atoms with Crippen LogP contribution in [-0.2, 0) is 6.42 Å². The van der Waals surface area contributed by atoms with Crippen molar-refractivity contribution in [3.8, 4) is 0 Å². The van der Waals surface area contributed by atoms with Gasteiger partial charge in [0.1, 0.15) is 0 Å². The summed E-state index contributed by atoms with van der Waals surface area (Å²) in [5.41, 5.74) is 2.51. The Kier molecular flexibility index (Phi) is 5.72. The predicted molar refractivity (Wildman–Crippen MR) is 98.9 cm³/mol. The van der Waals surface area contributed by atoms with Gasteiger partial charge < -0.3 is 10.6 Å². The Morgan fingerprint density at radius 2 is 1.56 bits per heavy atom. The predicted octanol–water partition coefficient (Wildman–Crippen LogP) is 3.58. The summed E-state index contributed by atoms with van der Waals surface area (Å²) in [6.07, 6.45) is 1.82. The molecular formula is C20H20N4O. The molecule has 0 spiro atoms. The summed E-state index contributed by atoms with van der Waals surface area (Å²) >= 11 is 0. The Morgan fingerprint density at radius 1 is 0.840 bits per heavy atom. The minimum Gasteiger partial charge on any atom is -0.351 e. The Bertz CT molecular complexity index is 789. The van der Waals surface area contributed by atoms with Gasteiger partial charge in [-0.25, -0.2) is 0 Å². The number of amides is 1. The van der Waals surface area contributed by atoms with Crippen molar-refractivity contribution in [1.82, 2.24) is 15.5 Å². The molecule has 25 heavy (non-hydrogen) atoms. The van der Waals surface area contributed by atoms with Crippen LogP contribution in [0.5, 0.6) is 0 Å². The van der Waals surface area contributed by atoms with Crippen LogP contribution in [0.1, 0.15) is 22.5 Å². The molecule has 5 heteroatoms. The SMILES string of the molecule is O=C(NCCCc1ccccc1)c1ccc(Nc2ccccc2)nn1. The average molecular weight is 332 g/mol. The van der Waals surface area contributed by atoms with Crippen LogP contribution in [-0.4, -0.2) is 22.6 Å². The van der Waals surface area contributed by atoms with Gasteiger partial charge in [0.05, 0.1) is 0 Å². The number of nitrogens with zero attached hydrogens (tertiary/aromatic N) is 2. The minimum absolute atomic E-state index is 0.202. The molecular weight excluding hydrogens is 312 g/mol. The molecule has 2 N–H and O–H groups in total. The molecule has 2 aromatic carbocycles. The van der Waals surface area contributed by atoms with E-state index in [1.807, 2.05) is 48.5 Å². The highest BCUT2D eigenvalue weighted by Crippen LogP contribution is 2.12. The number of rotatable bonds is 7. The second kappa shape index (κ2) is 8.59. The van der Waals surface area contributed by atoms with Crippen molar-refractivity contribution in [2.45, 2.75) is 12.8 Å². The first kappa shape index (κ1) is 16.6. The number of carbonyl (C=O) groups excluding carboxylic acids is 1. The lowest BCUT2D eigenvalue weighted by Crippen LogP contribution is -2.26. The Hall–Kier alpha value is -3.21. The van der Waals surface area contributed by atoms with E-state index >= 15 is 0 Å². The Balaban J connectivity index is 1.46. The molecule has 0 bridgehead atoms. The summed E-state index contributed by atoms with van der Waals surface area (Å²) in [6, 6.07) is 23.3. The van der Waals surface area contributed by atoms with Gasteiger partial charge in [-0.15, -0.1) is 10.2 Å². The van der Waals surface area contributed by atoms with E-state index in [-0.39, 0.29) is 5.91 Å². The molecule has 3 rings (SSSR count). The Labute approximate surface area is 147 Å². The lowest BCUT2D eigenvalue weighted by Gasteiger charge is -2.06. The van der Waals surface area contributed by atoms with Crippen molar-refractivity contribution in [2.75, 3.05) is 11.9 Å². The fraction of sp³-hybridized carbons (Fsp3) is 0.150. The van der Waals surface area contributed by atoms with Crippen LogP contribution in [0.15, 0.2) is 72.8 Å². The highest BCUT2D eigenvalue weighted by atomic mass is 16.1. The number of anilines is 2. The second-order valence-electron chi connectivity index (χ2n) is 5.64. The number of benzene rings is 2. The van der Waals surface area contributed by atoms with Gasteiger partial charge in [0.15, 0.2) is 11.5 Å². The van der Waals surface area contributed by atoms with Crippen molar-refractivity contribution in [3.05, 3.63) is 84.1 Å². The zero-order valence-electron chi connectivity index (χ0n) is 13.9. The van der Waals surface area contributed by atoms with Crippen LogP contribution in [0.2, 0.25) is 0 Å². The van der Waals surface area contributed by atoms with Gasteiger partial charge in [-0.05, 0) is 42.7 Å². The standard InChI is InChI=1S/C20H20N4O/c25-20(21-15-7-10-16-8-3-1-4-9-16)18-13-14-19(24-23-18)22-17-11-5-2-6-12-17/h1-6,8-9,11-14H,7,10,15H2,(H,21,25)(H,22,24). The number of nitrogens with one attached hydrogen (secondary N) is 2. The van der Waals surface area contributed by atoms with Crippen LogP contribution in [0, 0.1) is 0 Å². The van der Waals surface area contributed by atoms with E-state index in [9.17, 15) is 4.79 Å². The van der Waals surface area contributed by atoms with E-state index < -0.39 is 0 Å². The third kappa shape index (κ3) is 5.14. The van der Waals surface area contributed by atoms with Crippen LogP contribution < -0.4 is 10.6 Å². The summed E-state index contributed by atoms with van der Waals surface area (Å²) in [4.78, 5) is 12.1. The molecule has 0 saturated heterocycles. The monoisotopic (exact) mass is 332 g/mol. The molecule has 0 radical (unpaired) electrons. The molecule has 1 aromatic heterocycles. The van der Waals surface area contributed by atoms with Crippen molar-refractivity contribution < 1.29 is 4.79 Å². The number of aromatic nitrogens is 2. The molecule has 1 heterocycles. The molecule has 0 aliphatic rings. The van der Waals surface area contributed by atoms with Crippen molar-refractivity contribution >= 4 is 17.4 Å². The van der Waals surface area contributed by atoms with Crippen LogP contribution in [0.25, 0.3) is 0 Å². The normalized spacial score (nSPS) is 10.2. The van der Waals surface area contributed by atoms with Crippen LogP contribution in [0.3, 0.4) is 0 Å². The molecule has 5 nitrogen and oxygen atoms in total. The van der Waals surface area contributed by atoms with E-state index in [1.165, 1.54) is 5.56 Å². The lowest BCUT2D eigenvalue weighted by molar-refractivity contribution is 0.0947. The van der Waals surface area contributed by atoms with Crippen molar-refractivity contribution in [1.29, 1.82) is 0 Å². The van der Waals surface area contributed by atoms with E-state index in [4.69, 9.17) is 0 Å². The van der Waals surface area contributed by atoms with Gasteiger partial charge in [-0.2, -0.15) is 0 Å². The molecule has 0 aliphatic heterocycles. The van der Waals surface area contributed by atoms with Crippen LogP contribution in [0.4, 0.5) is 11.5 Å². The molecule has 1 amide bonds. The first-order chi connectivity index (χ1) is 12.3. The molecule has 3 aromatic rings. The van der Waals surface area contributed by atoms with Crippen molar-refractivity contribution in [2.24, 2.45) is 0 Å². The van der Waals surface area contributed by atoms with Gasteiger partial charge in [0.2, 0.25) is 0 Å². The fourth-order valence-electron chi connectivity index (χ4n) is 2.42. The summed E-state index contributed by atoms with van der Waals surface area (Å²) in [5.74, 6) is 0.402. The zero-order chi connectivity index (χ0) is 17.3. The molecule has 0 saturated carbocycles. The molecule has 0 atom stereocenters. The topological polar surface area (TPSA) is 66.9 Å². The van der Waals surface area contributed by atoms with Gasteiger partial charge in [0.25, 0.3) is 5.91 Å². The quantitative estimate of drug-likeness (QED) is 0.649. The maximum Gasteiger partial charge on any atom is 0.271 e. The van der Waals surface area contributed by atoms with E-state index in [2.05, 4.69) is 33.0 Å². The number of hydrogen-bond acceptors (Lipinski definition) is 4. The first-order valence-corrected chi connectivity index (χ1v) is 8.29. The Morgan fingerprint density at radius 3 is 2.24 bits per heavy atom. The second-order valence-corrected chi connectivity index (χ2v) is 5.64. The number of carbonyl (C=O) groups is 1. The maximum atomic E-state index is 12.1.